The summed E-state index contributed by atoms with van der Waals surface area (Å²) in [5.41, 5.74) is 0.0838. The molecule has 27 heavy (non-hydrogen) atoms. The second kappa shape index (κ2) is 10.1. The van der Waals surface area contributed by atoms with Crippen molar-refractivity contribution in [3.05, 3.63) is 29.8 Å². The van der Waals surface area contributed by atoms with E-state index in [9.17, 15) is 19.8 Å². The number of nitrogens with one attached hydrogen (secondary N) is 1. The topological polar surface area (TPSA) is 114 Å². The highest BCUT2D eigenvalue weighted by atomic mass is 16.6. The van der Waals surface area contributed by atoms with Gasteiger partial charge in [0.25, 0.3) is 0 Å². The molecule has 0 spiro atoms. The second-order valence-corrected chi connectivity index (χ2v) is 7.13. The van der Waals surface area contributed by atoms with Crippen molar-refractivity contribution in [3.63, 3.8) is 0 Å². The third-order valence-corrected chi connectivity index (χ3v) is 3.58. The molecule has 0 bridgehead atoms. The smallest absolute Gasteiger partial charge is 0.408 e. The number of hydrogen-bond donors (Lipinski definition) is 3. The van der Waals surface area contributed by atoms with Gasteiger partial charge in [-0.3, -0.25) is 4.79 Å². The van der Waals surface area contributed by atoms with Gasteiger partial charge in [0.05, 0.1) is 19.8 Å². The summed E-state index contributed by atoms with van der Waals surface area (Å²) in [6.07, 6.45) is -3.00. The Bertz CT molecular complexity index is 609. The van der Waals surface area contributed by atoms with E-state index in [0.717, 1.165) is 5.56 Å². The molecule has 152 valence electrons. The van der Waals surface area contributed by atoms with Crippen molar-refractivity contribution in [1.29, 1.82) is 0 Å². The third-order valence-electron chi connectivity index (χ3n) is 3.58. The molecular weight excluding hydrogens is 354 g/mol. The third kappa shape index (κ3) is 8.27. The quantitative estimate of drug-likeness (QED) is 0.582. The Hall–Kier alpha value is -2.32. The van der Waals surface area contributed by atoms with Gasteiger partial charge in [-0.2, -0.15) is 0 Å². The van der Waals surface area contributed by atoms with Gasteiger partial charge in [0.15, 0.2) is 6.10 Å². The number of rotatable bonds is 8. The SMILES string of the molecule is COc1ccc(C[C@@H](NC(=O)OC(C)(C)C)[C@H](OC(C)=O)[C@@H](O)CO)cc1. The number of amides is 1. The number of esters is 1. The van der Waals surface area contributed by atoms with E-state index in [1.54, 1.807) is 52.1 Å². The van der Waals surface area contributed by atoms with Gasteiger partial charge in [-0.05, 0) is 44.9 Å². The molecule has 8 heteroatoms. The Morgan fingerprint density at radius 1 is 1.19 bits per heavy atom. The standard InChI is InChI=1S/C19H29NO7/c1-12(22)26-17(16(23)11-21)15(20-18(24)27-19(2,3)4)10-13-6-8-14(25-5)9-7-13/h6-9,15-17,21,23H,10-11H2,1-5H3,(H,20,24)/t15-,16+,17+/m1/s1. The van der Waals surface area contributed by atoms with Crippen LogP contribution in [0.3, 0.4) is 0 Å². The predicted molar refractivity (Wildman–Crippen MR) is 98.5 cm³/mol. The minimum Gasteiger partial charge on any atom is -0.497 e. The van der Waals surface area contributed by atoms with E-state index in [4.69, 9.17) is 14.2 Å². The fourth-order valence-corrected chi connectivity index (χ4v) is 2.45. The molecule has 0 aliphatic rings. The Morgan fingerprint density at radius 3 is 2.22 bits per heavy atom. The van der Waals surface area contributed by atoms with E-state index in [1.807, 2.05) is 0 Å². The van der Waals surface area contributed by atoms with E-state index in [1.165, 1.54) is 6.92 Å². The Labute approximate surface area is 159 Å². The van der Waals surface area contributed by atoms with E-state index in [0.29, 0.717) is 5.75 Å². The molecule has 0 saturated carbocycles. The van der Waals surface area contributed by atoms with Gasteiger partial charge in [-0.15, -0.1) is 0 Å². The summed E-state index contributed by atoms with van der Waals surface area (Å²) in [6.45, 7) is 5.72. The predicted octanol–water partition coefficient (Wildman–Crippen LogP) is 1.42. The zero-order valence-corrected chi connectivity index (χ0v) is 16.4. The van der Waals surface area contributed by atoms with Gasteiger partial charge in [0.2, 0.25) is 0 Å². The number of carbonyl (C=O) groups excluding carboxylic acids is 2. The summed E-state index contributed by atoms with van der Waals surface area (Å²) >= 11 is 0. The van der Waals surface area contributed by atoms with Crippen LogP contribution in [0.1, 0.15) is 33.3 Å². The lowest BCUT2D eigenvalue weighted by Gasteiger charge is -2.31. The lowest BCUT2D eigenvalue weighted by atomic mass is 9.97. The van der Waals surface area contributed by atoms with Gasteiger partial charge in [-0.1, -0.05) is 12.1 Å². The van der Waals surface area contributed by atoms with Gasteiger partial charge >= 0.3 is 12.1 Å². The number of hydrogen-bond acceptors (Lipinski definition) is 7. The lowest BCUT2D eigenvalue weighted by molar-refractivity contribution is -0.156. The molecule has 0 saturated heterocycles. The first-order valence-electron chi connectivity index (χ1n) is 8.64. The van der Waals surface area contributed by atoms with Crippen molar-refractivity contribution in [2.45, 2.75) is 58.0 Å². The molecular formula is C19H29NO7. The number of carbonyl (C=O) groups is 2. The number of alkyl carbamates (subject to hydrolysis) is 1. The van der Waals surface area contributed by atoms with Crippen LogP contribution in [-0.2, 0) is 20.7 Å². The first kappa shape index (κ1) is 22.7. The molecule has 1 aromatic rings. The second-order valence-electron chi connectivity index (χ2n) is 7.13. The van der Waals surface area contributed by atoms with Crippen molar-refractivity contribution < 1.29 is 34.0 Å². The van der Waals surface area contributed by atoms with Crippen LogP contribution in [0.15, 0.2) is 24.3 Å². The monoisotopic (exact) mass is 383 g/mol. The van der Waals surface area contributed by atoms with Crippen molar-refractivity contribution in [3.8, 4) is 5.75 Å². The van der Waals surface area contributed by atoms with E-state index in [-0.39, 0.29) is 6.42 Å². The molecule has 0 aromatic heterocycles. The van der Waals surface area contributed by atoms with Gasteiger partial charge in [0, 0.05) is 6.92 Å². The highest BCUT2D eigenvalue weighted by Crippen LogP contribution is 2.17. The Balaban J connectivity index is 3.07. The molecule has 1 aromatic carbocycles. The summed E-state index contributed by atoms with van der Waals surface area (Å²) in [5.74, 6) is 0.0283. The largest absolute Gasteiger partial charge is 0.497 e. The van der Waals surface area contributed by atoms with Gasteiger partial charge in [-0.25, -0.2) is 4.79 Å². The normalized spacial score (nSPS) is 14.6. The van der Waals surface area contributed by atoms with Crippen LogP contribution in [0, 0.1) is 0 Å². The Morgan fingerprint density at radius 2 is 1.78 bits per heavy atom. The zero-order chi connectivity index (χ0) is 20.6. The number of ether oxygens (including phenoxy) is 3. The van der Waals surface area contributed by atoms with E-state index >= 15 is 0 Å². The van der Waals surface area contributed by atoms with E-state index in [2.05, 4.69) is 5.32 Å². The van der Waals surface area contributed by atoms with Gasteiger partial charge in [0.1, 0.15) is 17.5 Å². The highest BCUT2D eigenvalue weighted by Gasteiger charge is 2.33. The summed E-state index contributed by atoms with van der Waals surface area (Å²) in [6, 6.07) is 6.27. The van der Waals surface area contributed by atoms with Crippen molar-refractivity contribution in [2.24, 2.45) is 0 Å². The van der Waals surface area contributed by atoms with E-state index < -0.39 is 42.5 Å². The first-order valence-corrected chi connectivity index (χ1v) is 8.64. The minimum atomic E-state index is -1.37. The maximum atomic E-state index is 12.2. The molecule has 0 heterocycles. The number of benzene rings is 1. The number of aliphatic hydroxyl groups excluding tert-OH is 2. The molecule has 3 N–H and O–H groups in total. The fraction of sp³-hybridized carbons (Fsp3) is 0.579. The number of methoxy groups -OCH3 is 1. The molecule has 0 aliphatic carbocycles. The van der Waals surface area contributed by atoms with Crippen LogP contribution >= 0.6 is 0 Å². The minimum absolute atomic E-state index is 0.234. The van der Waals surface area contributed by atoms with Crippen LogP contribution in [0.2, 0.25) is 0 Å². The van der Waals surface area contributed by atoms with Crippen molar-refractivity contribution in [2.75, 3.05) is 13.7 Å². The molecule has 0 aliphatic heterocycles. The van der Waals surface area contributed by atoms with Crippen LogP contribution in [-0.4, -0.2) is 59.8 Å². The summed E-state index contributed by atoms with van der Waals surface area (Å²) < 4.78 is 15.5. The summed E-state index contributed by atoms with van der Waals surface area (Å²) in [7, 11) is 1.55. The van der Waals surface area contributed by atoms with Crippen LogP contribution in [0.4, 0.5) is 4.79 Å². The molecule has 1 amide bonds. The van der Waals surface area contributed by atoms with Crippen LogP contribution in [0.25, 0.3) is 0 Å². The average Bonchev–Trinajstić information content (AvgIpc) is 2.57. The van der Waals surface area contributed by atoms with Crippen LogP contribution < -0.4 is 10.1 Å². The van der Waals surface area contributed by atoms with Crippen LogP contribution in [0.5, 0.6) is 5.75 Å². The molecule has 1 rings (SSSR count). The molecule has 0 unspecified atom stereocenters. The van der Waals surface area contributed by atoms with Crippen molar-refractivity contribution >= 4 is 12.1 Å². The molecule has 3 atom stereocenters. The first-order chi connectivity index (χ1) is 12.6. The Kier molecular flexibility index (Phi) is 8.52. The summed E-state index contributed by atoms with van der Waals surface area (Å²) in [4.78, 5) is 23.7. The highest BCUT2D eigenvalue weighted by molar-refractivity contribution is 5.69. The number of aliphatic hydroxyl groups is 2. The fourth-order valence-electron chi connectivity index (χ4n) is 2.45. The zero-order valence-electron chi connectivity index (χ0n) is 16.4. The van der Waals surface area contributed by atoms with Gasteiger partial charge < -0.3 is 29.7 Å². The average molecular weight is 383 g/mol. The summed E-state index contributed by atoms with van der Waals surface area (Å²) in [5, 5.41) is 22.1. The van der Waals surface area contributed by atoms with Crippen molar-refractivity contribution in [1.82, 2.24) is 5.32 Å². The molecule has 0 radical (unpaired) electrons. The maximum Gasteiger partial charge on any atom is 0.408 e. The maximum absolute atomic E-state index is 12.2. The lowest BCUT2D eigenvalue weighted by Crippen LogP contribution is -2.53. The molecule has 8 nitrogen and oxygen atoms in total. The molecule has 0 fully saturated rings.